The van der Waals surface area contributed by atoms with E-state index in [9.17, 15) is 29.1 Å². The van der Waals surface area contributed by atoms with Gasteiger partial charge in [-0.05, 0) is 30.5 Å². The quantitative estimate of drug-likeness (QED) is 0.147. The summed E-state index contributed by atoms with van der Waals surface area (Å²) < 4.78 is 0. The van der Waals surface area contributed by atoms with E-state index in [1.807, 2.05) is 24.3 Å². The molecule has 0 aliphatic heterocycles. The molecule has 0 saturated carbocycles. The number of hydrogen-bond acceptors (Lipinski definition) is 6. The van der Waals surface area contributed by atoms with Crippen LogP contribution in [0.15, 0.2) is 60.8 Å². The molecule has 1 heterocycles. The minimum atomic E-state index is -1.22. The van der Waals surface area contributed by atoms with E-state index in [0.717, 1.165) is 22.0 Å². The van der Waals surface area contributed by atoms with Crippen LogP contribution >= 0.6 is 0 Å². The number of aromatic amines is 1. The highest BCUT2D eigenvalue weighted by Gasteiger charge is 2.29. The van der Waals surface area contributed by atoms with Crippen LogP contribution in [0.4, 0.5) is 0 Å². The summed E-state index contributed by atoms with van der Waals surface area (Å²) in [6.45, 7) is 1.41. The van der Waals surface area contributed by atoms with Crippen molar-refractivity contribution in [1.82, 2.24) is 20.9 Å². The average molecular weight is 551 g/mol. The minimum Gasteiger partial charge on any atom is -0.480 e. The predicted octanol–water partition coefficient (Wildman–Crippen LogP) is 0.105. The average Bonchev–Trinajstić information content (AvgIpc) is 3.33. The van der Waals surface area contributed by atoms with E-state index < -0.39 is 53.8 Å². The Balaban J connectivity index is 1.72. The molecule has 0 aliphatic rings. The van der Waals surface area contributed by atoms with Crippen molar-refractivity contribution in [3.63, 3.8) is 0 Å². The number of carboxylic acids is 1. The molecule has 0 radical (unpaired) electrons. The molecule has 0 fully saturated rings. The fourth-order valence-electron chi connectivity index (χ4n) is 4.16. The highest BCUT2D eigenvalue weighted by Crippen LogP contribution is 2.19. The van der Waals surface area contributed by atoms with Crippen LogP contribution in [0.5, 0.6) is 0 Å². The summed E-state index contributed by atoms with van der Waals surface area (Å²) in [6.07, 6.45) is 1.76. The second-order valence-corrected chi connectivity index (χ2v) is 9.56. The van der Waals surface area contributed by atoms with Gasteiger partial charge in [-0.1, -0.05) is 48.5 Å². The van der Waals surface area contributed by atoms with Crippen LogP contribution in [0.25, 0.3) is 10.9 Å². The fourth-order valence-corrected chi connectivity index (χ4v) is 4.16. The van der Waals surface area contributed by atoms with Gasteiger partial charge < -0.3 is 37.5 Å². The van der Waals surface area contributed by atoms with Crippen molar-refractivity contribution in [2.75, 3.05) is 0 Å². The van der Waals surface area contributed by atoms with Crippen LogP contribution in [0.2, 0.25) is 0 Å². The maximum atomic E-state index is 13.3. The van der Waals surface area contributed by atoms with Crippen molar-refractivity contribution >= 4 is 40.5 Å². The molecule has 3 aromatic rings. The molecule has 12 nitrogen and oxygen atoms in total. The molecule has 1 aromatic heterocycles. The van der Waals surface area contributed by atoms with Crippen LogP contribution in [0, 0.1) is 0 Å². The van der Waals surface area contributed by atoms with Gasteiger partial charge in [0.1, 0.15) is 18.1 Å². The lowest BCUT2D eigenvalue weighted by Crippen LogP contribution is -2.57. The highest BCUT2D eigenvalue weighted by atomic mass is 16.4. The van der Waals surface area contributed by atoms with Gasteiger partial charge >= 0.3 is 5.97 Å². The lowest BCUT2D eigenvalue weighted by atomic mass is 10.0. The maximum Gasteiger partial charge on any atom is 0.326 e. The monoisotopic (exact) mass is 550 g/mol. The molecular formula is C28H34N6O6. The Morgan fingerprint density at radius 1 is 0.850 bits per heavy atom. The maximum absolute atomic E-state index is 13.3. The van der Waals surface area contributed by atoms with Crippen LogP contribution in [0.1, 0.15) is 30.9 Å². The molecular weight excluding hydrogens is 516 g/mol. The van der Waals surface area contributed by atoms with Crippen LogP contribution in [-0.2, 0) is 36.8 Å². The largest absolute Gasteiger partial charge is 0.480 e. The molecule has 212 valence electrons. The summed E-state index contributed by atoms with van der Waals surface area (Å²) >= 11 is 0. The SMILES string of the molecule is CC(NC(=O)C(Cc1c[nH]c2ccccc12)NC(=O)C(N)CCC(N)=O)C(=O)NC(Cc1ccccc1)C(=O)O. The van der Waals surface area contributed by atoms with Crippen molar-refractivity contribution in [3.05, 3.63) is 71.9 Å². The number of benzene rings is 2. The first-order valence-electron chi connectivity index (χ1n) is 12.8. The molecule has 4 amide bonds. The Morgan fingerprint density at radius 3 is 2.17 bits per heavy atom. The van der Waals surface area contributed by atoms with E-state index in [2.05, 4.69) is 20.9 Å². The molecule has 9 N–H and O–H groups in total. The van der Waals surface area contributed by atoms with Crippen LogP contribution < -0.4 is 27.4 Å². The van der Waals surface area contributed by atoms with Crippen molar-refractivity contribution < 1.29 is 29.1 Å². The van der Waals surface area contributed by atoms with Gasteiger partial charge in [-0.25, -0.2) is 4.79 Å². The van der Waals surface area contributed by atoms with Gasteiger partial charge in [-0.3, -0.25) is 19.2 Å². The number of para-hydroxylation sites is 1. The first-order chi connectivity index (χ1) is 19.0. The van der Waals surface area contributed by atoms with Crippen LogP contribution in [-0.4, -0.2) is 63.9 Å². The summed E-state index contributed by atoms with van der Waals surface area (Å²) in [6, 6.07) is 11.7. The number of H-pyrrole nitrogens is 1. The van der Waals surface area contributed by atoms with Gasteiger partial charge in [0.15, 0.2) is 0 Å². The van der Waals surface area contributed by atoms with E-state index in [0.29, 0.717) is 0 Å². The molecule has 2 aromatic carbocycles. The third kappa shape index (κ3) is 8.40. The molecule has 0 bridgehead atoms. The van der Waals surface area contributed by atoms with Crippen LogP contribution in [0.3, 0.4) is 0 Å². The molecule has 3 rings (SSSR count). The topological polar surface area (TPSA) is 209 Å². The zero-order valence-corrected chi connectivity index (χ0v) is 22.1. The predicted molar refractivity (Wildman–Crippen MR) is 148 cm³/mol. The summed E-state index contributed by atoms with van der Waals surface area (Å²) in [4.78, 5) is 64.9. The first-order valence-corrected chi connectivity index (χ1v) is 12.8. The van der Waals surface area contributed by atoms with Gasteiger partial charge in [0.25, 0.3) is 0 Å². The number of rotatable bonds is 14. The number of nitrogens with one attached hydrogen (secondary N) is 4. The summed E-state index contributed by atoms with van der Waals surface area (Å²) in [7, 11) is 0. The Labute approximate surface area is 230 Å². The standard InChI is InChI=1S/C28H34N6O6/c1-16(25(36)34-23(28(39)40)13-17-7-3-2-4-8-17)32-27(38)22(33-26(37)20(29)11-12-24(30)35)14-18-15-31-21-10-6-5-9-19(18)21/h2-10,15-16,20,22-23,31H,11-14,29H2,1H3,(H2,30,35)(H,32,38)(H,33,37)(H,34,36)(H,39,40). The van der Waals surface area contributed by atoms with Crippen molar-refractivity contribution in [3.8, 4) is 0 Å². The number of amides is 4. The van der Waals surface area contributed by atoms with E-state index in [4.69, 9.17) is 11.5 Å². The second kappa shape index (κ2) is 13.9. The summed E-state index contributed by atoms with van der Waals surface area (Å²) in [5.41, 5.74) is 13.3. The number of carbonyl (C=O) groups is 5. The summed E-state index contributed by atoms with van der Waals surface area (Å²) in [5, 5.41) is 18.1. The fraction of sp³-hybridized carbons (Fsp3) is 0.321. The third-order valence-electron chi connectivity index (χ3n) is 6.42. The third-order valence-corrected chi connectivity index (χ3v) is 6.42. The van der Waals surface area contributed by atoms with Gasteiger partial charge in [0.2, 0.25) is 23.6 Å². The summed E-state index contributed by atoms with van der Waals surface area (Å²) in [5.74, 6) is -3.86. The number of fused-ring (bicyclic) bond motifs is 1. The molecule has 40 heavy (non-hydrogen) atoms. The first kappa shape index (κ1) is 29.8. The smallest absolute Gasteiger partial charge is 0.326 e. The number of aromatic nitrogens is 1. The molecule has 0 saturated heterocycles. The van der Waals surface area contributed by atoms with Gasteiger partial charge in [0.05, 0.1) is 6.04 Å². The van der Waals surface area contributed by atoms with Gasteiger partial charge in [0, 0.05) is 36.4 Å². The highest BCUT2D eigenvalue weighted by molar-refractivity contribution is 5.94. The molecule has 0 aliphatic carbocycles. The van der Waals surface area contributed by atoms with E-state index in [1.165, 1.54) is 6.92 Å². The molecule has 4 atom stereocenters. The molecule has 12 heteroatoms. The van der Waals surface area contributed by atoms with Gasteiger partial charge in [-0.15, -0.1) is 0 Å². The number of aliphatic carboxylic acids is 1. The van der Waals surface area contributed by atoms with Crippen molar-refractivity contribution in [2.45, 2.75) is 56.8 Å². The van der Waals surface area contributed by atoms with Crippen molar-refractivity contribution in [1.29, 1.82) is 0 Å². The van der Waals surface area contributed by atoms with E-state index in [1.54, 1.807) is 36.5 Å². The normalized spacial score (nSPS) is 13.9. The zero-order valence-electron chi connectivity index (χ0n) is 22.1. The Kier molecular flexibility index (Phi) is 10.4. The van der Waals surface area contributed by atoms with Crippen molar-refractivity contribution in [2.24, 2.45) is 11.5 Å². The Bertz CT molecular complexity index is 1360. The number of hydrogen-bond donors (Lipinski definition) is 7. The number of nitrogens with two attached hydrogens (primary N) is 2. The Hall–Kier alpha value is -4.71. The lowest BCUT2D eigenvalue weighted by molar-refractivity contribution is -0.142. The molecule has 4 unspecified atom stereocenters. The Morgan fingerprint density at radius 2 is 1.50 bits per heavy atom. The minimum absolute atomic E-state index is 0.000604. The van der Waals surface area contributed by atoms with Gasteiger partial charge in [-0.2, -0.15) is 0 Å². The number of primary amides is 1. The lowest BCUT2D eigenvalue weighted by Gasteiger charge is -2.23. The molecule has 0 spiro atoms. The number of carbonyl (C=O) groups excluding carboxylic acids is 4. The number of carboxylic acid groups (broad SMARTS) is 1. The van der Waals surface area contributed by atoms with E-state index in [-0.39, 0.29) is 25.7 Å². The second-order valence-electron chi connectivity index (χ2n) is 9.56. The van der Waals surface area contributed by atoms with E-state index >= 15 is 0 Å². The zero-order chi connectivity index (χ0) is 29.2.